The highest BCUT2D eigenvalue weighted by Crippen LogP contribution is 2.35. The van der Waals surface area contributed by atoms with Crippen LogP contribution in [-0.4, -0.2) is 24.9 Å². The Morgan fingerprint density at radius 1 is 1.03 bits per heavy atom. The number of carbonyl (C=O) groups is 1. The maximum absolute atomic E-state index is 13.7. The van der Waals surface area contributed by atoms with Crippen molar-refractivity contribution in [2.75, 3.05) is 12.1 Å². The summed E-state index contributed by atoms with van der Waals surface area (Å²) in [7, 11) is 1.41. The van der Waals surface area contributed by atoms with Gasteiger partial charge in [0.2, 0.25) is 0 Å². The Labute approximate surface area is 202 Å². The molecule has 5 nitrogen and oxygen atoms in total. The smallest absolute Gasteiger partial charge is 0.435 e. The van der Waals surface area contributed by atoms with Crippen LogP contribution in [0.1, 0.15) is 11.1 Å². The number of benzene rings is 3. The van der Waals surface area contributed by atoms with Crippen LogP contribution >= 0.6 is 11.6 Å². The first-order chi connectivity index (χ1) is 16.7. The third-order valence-corrected chi connectivity index (χ3v) is 5.24. The van der Waals surface area contributed by atoms with Gasteiger partial charge in [-0.05, 0) is 59.7 Å². The van der Waals surface area contributed by atoms with E-state index in [0.717, 1.165) is 6.08 Å². The molecule has 0 aliphatic carbocycles. The minimum atomic E-state index is -4.87. The van der Waals surface area contributed by atoms with E-state index in [9.17, 15) is 22.4 Å². The fraction of sp³-hybridized carbons (Fsp3) is 0.120. The van der Waals surface area contributed by atoms with Crippen molar-refractivity contribution in [3.8, 4) is 11.5 Å². The lowest BCUT2D eigenvalue weighted by molar-refractivity contribution is -0.114. The zero-order valence-electron chi connectivity index (χ0n) is 18.1. The van der Waals surface area contributed by atoms with Crippen LogP contribution in [0.4, 0.5) is 23.2 Å². The molecule has 3 aromatic carbocycles. The standard InChI is InChI=1S/C25H17ClF4N2O3/c1-34-21-10-7-16(12-22(21)35-14-15-5-8-18(27)9-6-15)11-20-23(25(28,29)30)31-32(24(20)33)19-4-2-3-17(26)13-19/h2-13H,14H2,1H3/b20-11-. The fourth-order valence-corrected chi connectivity index (χ4v) is 3.53. The monoisotopic (exact) mass is 504 g/mol. The number of rotatable bonds is 6. The van der Waals surface area contributed by atoms with Crippen LogP contribution in [0.15, 0.2) is 77.4 Å². The Morgan fingerprint density at radius 2 is 1.77 bits per heavy atom. The van der Waals surface area contributed by atoms with E-state index in [1.807, 2.05) is 0 Å². The van der Waals surface area contributed by atoms with E-state index in [4.69, 9.17) is 21.1 Å². The van der Waals surface area contributed by atoms with E-state index in [0.29, 0.717) is 16.3 Å². The van der Waals surface area contributed by atoms with Gasteiger partial charge in [-0.15, -0.1) is 0 Å². The van der Waals surface area contributed by atoms with Crippen molar-refractivity contribution in [3.05, 3.63) is 94.3 Å². The van der Waals surface area contributed by atoms with E-state index >= 15 is 0 Å². The number of nitrogens with zero attached hydrogens (tertiary/aromatic N) is 2. The molecular weight excluding hydrogens is 488 g/mol. The van der Waals surface area contributed by atoms with Crippen molar-refractivity contribution in [1.29, 1.82) is 0 Å². The van der Waals surface area contributed by atoms with Crippen molar-refractivity contribution in [2.45, 2.75) is 12.8 Å². The Hall–Kier alpha value is -3.85. The Kier molecular flexibility index (Phi) is 6.79. The number of amides is 1. The third-order valence-electron chi connectivity index (χ3n) is 5.01. The number of ether oxygens (including phenoxy) is 2. The van der Waals surface area contributed by atoms with Crippen LogP contribution in [0.3, 0.4) is 0 Å². The fourth-order valence-electron chi connectivity index (χ4n) is 3.34. The molecule has 1 aliphatic rings. The lowest BCUT2D eigenvalue weighted by Gasteiger charge is -2.13. The predicted molar refractivity (Wildman–Crippen MR) is 124 cm³/mol. The second kappa shape index (κ2) is 9.79. The molecule has 0 bridgehead atoms. The summed E-state index contributed by atoms with van der Waals surface area (Å²) in [5.41, 5.74) is -0.926. The molecule has 1 amide bonds. The average Bonchev–Trinajstić information content (AvgIpc) is 3.15. The topological polar surface area (TPSA) is 51.1 Å². The van der Waals surface area contributed by atoms with Gasteiger partial charge in [0, 0.05) is 5.02 Å². The summed E-state index contributed by atoms with van der Waals surface area (Å²) >= 11 is 5.92. The summed E-state index contributed by atoms with van der Waals surface area (Å²) in [6.07, 6.45) is -3.79. The molecule has 0 radical (unpaired) electrons. The van der Waals surface area contributed by atoms with Gasteiger partial charge in [0.05, 0.1) is 18.4 Å². The lowest BCUT2D eigenvalue weighted by Crippen LogP contribution is -2.25. The molecule has 0 saturated heterocycles. The van der Waals surface area contributed by atoms with Crippen LogP contribution in [0, 0.1) is 5.82 Å². The molecule has 0 spiro atoms. The van der Waals surface area contributed by atoms with Crippen LogP contribution in [-0.2, 0) is 11.4 Å². The molecule has 1 heterocycles. The number of hydrazone groups is 1. The van der Waals surface area contributed by atoms with Gasteiger partial charge in [0.25, 0.3) is 5.91 Å². The zero-order chi connectivity index (χ0) is 25.2. The summed E-state index contributed by atoms with van der Waals surface area (Å²) in [5.74, 6) is -0.787. The van der Waals surface area contributed by atoms with E-state index in [2.05, 4.69) is 5.10 Å². The van der Waals surface area contributed by atoms with Gasteiger partial charge < -0.3 is 9.47 Å². The van der Waals surface area contributed by atoms with Gasteiger partial charge in [-0.3, -0.25) is 4.79 Å². The Balaban J connectivity index is 1.67. The van der Waals surface area contributed by atoms with Gasteiger partial charge in [0.15, 0.2) is 17.2 Å². The number of carbonyl (C=O) groups excluding carboxylic acids is 1. The molecular formula is C25H17ClF4N2O3. The molecule has 0 atom stereocenters. The van der Waals surface area contributed by atoms with Crippen molar-refractivity contribution in [1.82, 2.24) is 0 Å². The molecule has 4 rings (SSSR count). The third kappa shape index (κ3) is 5.46. The summed E-state index contributed by atoms with van der Waals surface area (Å²) in [4.78, 5) is 12.9. The second-order valence-electron chi connectivity index (χ2n) is 7.43. The van der Waals surface area contributed by atoms with Crippen LogP contribution < -0.4 is 14.5 Å². The van der Waals surface area contributed by atoms with Crippen LogP contribution in [0.5, 0.6) is 11.5 Å². The lowest BCUT2D eigenvalue weighted by atomic mass is 10.1. The van der Waals surface area contributed by atoms with Crippen molar-refractivity contribution in [2.24, 2.45) is 5.10 Å². The zero-order valence-corrected chi connectivity index (χ0v) is 18.9. The number of halogens is 5. The summed E-state index contributed by atoms with van der Waals surface area (Å²) in [6.45, 7) is 0.0629. The van der Waals surface area contributed by atoms with Gasteiger partial charge >= 0.3 is 6.18 Å². The molecule has 0 saturated carbocycles. The first-order valence-electron chi connectivity index (χ1n) is 10.2. The van der Waals surface area contributed by atoms with Crippen molar-refractivity contribution in [3.63, 3.8) is 0 Å². The first-order valence-corrected chi connectivity index (χ1v) is 10.6. The van der Waals surface area contributed by atoms with Gasteiger partial charge in [-0.2, -0.15) is 23.3 Å². The van der Waals surface area contributed by atoms with Gasteiger partial charge in [0.1, 0.15) is 12.4 Å². The summed E-state index contributed by atoms with van der Waals surface area (Å²) < 4.78 is 65.4. The SMILES string of the molecule is COc1ccc(/C=C2\C(=O)N(c3cccc(Cl)c3)N=C2C(F)(F)F)cc1OCc1ccc(F)cc1. The highest BCUT2D eigenvalue weighted by molar-refractivity contribution is 6.35. The van der Waals surface area contributed by atoms with Crippen LogP contribution in [0.2, 0.25) is 5.02 Å². The van der Waals surface area contributed by atoms with E-state index in [1.54, 1.807) is 12.1 Å². The number of anilines is 1. The van der Waals surface area contributed by atoms with Gasteiger partial charge in [-0.1, -0.05) is 35.9 Å². The Morgan fingerprint density at radius 3 is 2.43 bits per heavy atom. The molecule has 0 aromatic heterocycles. The summed E-state index contributed by atoms with van der Waals surface area (Å²) in [6, 6.07) is 15.9. The predicted octanol–water partition coefficient (Wildman–Crippen LogP) is 6.42. The molecule has 0 N–H and O–H groups in total. The van der Waals surface area contributed by atoms with Crippen molar-refractivity contribution < 1.29 is 31.8 Å². The highest BCUT2D eigenvalue weighted by atomic mass is 35.5. The van der Waals surface area contributed by atoms with Gasteiger partial charge in [-0.25, -0.2) is 4.39 Å². The number of alkyl halides is 3. The van der Waals surface area contributed by atoms with E-state index in [1.165, 1.54) is 61.7 Å². The minimum absolute atomic E-state index is 0.0629. The van der Waals surface area contributed by atoms with E-state index < -0.39 is 29.2 Å². The Bertz CT molecular complexity index is 1320. The molecule has 10 heteroatoms. The quantitative estimate of drug-likeness (QED) is 0.288. The second-order valence-corrected chi connectivity index (χ2v) is 7.86. The number of hydrogen-bond donors (Lipinski definition) is 0. The average molecular weight is 505 g/mol. The molecule has 0 unspecified atom stereocenters. The normalized spacial score (nSPS) is 14.9. The molecule has 180 valence electrons. The number of methoxy groups -OCH3 is 1. The molecule has 35 heavy (non-hydrogen) atoms. The highest BCUT2D eigenvalue weighted by Gasteiger charge is 2.46. The largest absolute Gasteiger partial charge is 0.493 e. The maximum atomic E-state index is 13.7. The maximum Gasteiger partial charge on any atom is 0.435 e. The summed E-state index contributed by atoms with van der Waals surface area (Å²) in [5, 5.41) is 4.44. The van der Waals surface area contributed by atoms with Crippen LogP contribution in [0.25, 0.3) is 6.08 Å². The van der Waals surface area contributed by atoms with E-state index in [-0.39, 0.29) is 28.6 Å². The molecule has 0 fully saturated rings. The molecule has 1 aliphatic heterocycles. The number of hydrogen-bond acceptors (Lipinski definition) is 4. The first kappa shape index (κ1) is 24.3. The minimum Gasteiger partial charge on any atom is -0.493 e. The molecule has 3 aromatic rings. The van der Waals surface area contributed by atoms with Crippen molar-refractivity contribution >= 4 is 35.0 Å².